The predicted octanol–water partition coefficient (Wildman–Crippen LogP) is 3.41. The molecule has 0 aromatic heterocycles. The van der Waals surface area contributed by atoms with E-state index in [1.807, 2.05) is 0 Å². The zero-order chi connectivity index (χ0) is 11.5. The molecule has 2 aromatic rings. The summed E-state index contributed by atoms with van der Waals surface area (Å²) in [6.45, 7) is 4.17. The molecule has 0 saturated carbocycles. The van der Waals surface area contributed by atoms with Gasteiger partial charge < -0.3 is 5.73 Å². The molecule has 2 rings (SSSR count). The Balaban J connectivity index is 0.00000144. The predicted molar refractivity (Wildman–Crippen MR) is 79.5 cm³/mol. The van der Waals surface area contributed by atoms with E-state index in [9.17, 15) is 0 Å². The van der Waals surface area contributed by atoms with E-state index >= 15 is 0 Å². The summed E-state index contributed by atoms with van der Waals surface area (Å²) in [5, 5.41) is 0. The summed E-state index contributed by atoms with van der Waals surface area (Å²) in [5.74, 6) is 0. The minimum Gasteiger partial charge on any atom is -0.320 e. The Morgan fingerprint density at radius 3 is 1.29 bits per heavy atom. The highest BCUT2D eigenvalue weighted by Gasteiger charge is 2.07. The first kappa shape index (κ1) is 13.9. The summed E-state index contributed by atoms with van der Waals surface area (Å²) >= 11 is 0. The van der Waals surface area contributed by atoms with Crippen LogP contribution in [-0.2, 0) is 0 Å². The van der Waals surface area contributed by atoms with Crippen LogP contribution in [0.4, 0.5) is 0 Å². The number of hydrogen-bond donors (Lipinski definition) is 1. The van der Waals surface area contributed by atoms with Crippen molar-refractivity contribution in [2.45, 2.75) is 19.9 Å². The van der Waals surface area contributed by atoms with Crippen LogP contribution >= 0.6 is 9.90 Å². The third kappa shape index (κ3) is 3.39. The van der Waals surface area contributed by atoms with Gasteiger partial charge in [-0.2, -0.15) is 9.90 Å². The molecule has 0 bridgehead atoms. The molecule has 2 aromatic carbocycles. The van der Waals surface area contributed by atoms with E-state index in [4.69, 9.17) is 5.73 Å². The van der Waals surface area contributed by atoms with Crippen molar-refractivity contribution < 1.29 is 0 Å². The van der Waals surface area contributed by atoms with Gasteiger partial charge in [0.05, 0.1) is 6.04 Å². The smallest absolute Gasteiger partial charge is 0.0551 e. The first-order valence-corrected chi connectivity index (χ1v) is 5.55. The second kappa shape index (κ2) is 5.95. The maximum absolute atomic E-state index is 6.22. The van der Waals surface area contributed by atoms with Crippen molar-refractivity contribution in [3.05, 3.63) is 70.8 Å². The van der Waals surface area contributed by atoms with Crippen LogP contribution in [0.15, 0.2) is 48.5 Å². The molecular weight excluding hydrogens is 225 g/mol. The molecule has 0 aliphatic carbocycles. The maximum atomic E-state index is 6.22. The zero-order valence-electron chi connectivity index (χ0n) is 10.5. The van der Waals surface area contributed by atoms with E-state index in [0.717, 1.165) is 11.1 Å². The molecule has 90 valence electrons. The lowest BCUT2D eigenvalue weighted by molar-refractivity contribution is 0.870. The molecule has 2 N–H and O–H groups in total. The van der Waals surface area contributed by atoms with Crippen LogP contribution < -0.4 is 5.73 Å². The summed E-state index contributed by atoms with van der Waals surface area (Å²) in [6.07, 6.45) is 0. The molecule has 0 radical (unpaired) electrons. The van der Waals surface area contributed by atoms with E-state index < -0.39 is 0 Å². The van der Waals surface area contributed by atoms with Crippen molar-refractivity contribution >= 4 is 9.90 Å². The van der Waals surface area contributed by atoms with Crippen molar-refractivity contribution in [3.63, 3.8) is 0 Å². The first-order valence-electron chi connectivity index (χ1n) is 5.55. The van der Waals surface area contributed by atoms with Crippen molar-refractivity contribution in [2.24, 2.45) is 5.73 Å². The van der Waals surface area contributed by atoms with Gasteiger partial charge in [-0.3, -0.25) is 0 Å². The molecule has 0 aliphatic heterocycles. The fourth-order valence-electron chi connectivity index (χ4n) is 1.74. The Morgan fingerprint density at radius 2 is 1.00 bits per heavy atom. The van der Waals surface area contributed by atoms with Crippen LogP contribution in [0.2, 0.25) is 0 Å². The Kier molecular flexibility index (Phi) is 4.86. The van der Waals surface area contributed by atoms with Gasteiger partial charge in [-0.25, -0.2) is 0 Å². The minimum absolute atomic E-state index is 0. The Labute approximate surface area is 107 Å². The topological polar surface area (TPSA) is 26.0 Å². The van der Waals surface area contributed by atoms with E-state index in [1.54, 1.807) is 0 Å². The molecule has 17 heavy (non-hydrogen) atoms. The van der Waals surface area contributed by atoms with Gasteiger partial charge >= 0.3 is 0 Å². The second-order valence-electron chi connectivity index (χ2n) is 4.30. The third-order valence-corrected chi connectivity index (χ3v) is 2.87. The summed E-state index contributed by atoms with van der Waals surface area (Å²) in [5.41, 5.74) is 11.1. The standard InChI is InChI=1S/C15H17N.H3P/c1-11-3-7-13(8-4-11)15(16)14-9-5-12(2)6-10-14;/h3-10,15H,16H2,1-2H3;1H3. The molecule has 1 atom stereocenters. The highest BCUT2D eigenvalue weighted by Crippen LogP contribution is 2.20. The van der Waals surface area contributed by atoms with Gasteiger partial charge in [0.15, 0.2) is 0 Å². The molecule has 0 saturated heterocycles. The van der Waals surface area contributed by atoms with Crippen LogP contribution in [0.3, 0.4) is 0 Å². The number of aryl methyl sites for hydroxylation is 2. The number of benzene rings is 2. The Hall–Kier alpha value is -1.17. The lowest BCUT2D eigenvalue weighted by atomic mass is 9.98. The quantitative estimate of drug-likeness (QED) is 0.806. The van der Waals surface area contributed by atoms with Crippen molar-refractivity contribution in [1.82, 2.24) is 0 Å². The summed E-state index contributed by atoms with van der Waals surface area (Å²) in [6, 6.07) is 16.8. The second-order valence-corrected chi connectivity index (χ2v) is 4.30. The van der Waals surface area contributed by atoms with E-state index in [1.165, 1.54) is 11.1 Å². The normalized spacial score (nSPS) is 10.1. The molecule has 1 nitrogen and oxygen atoms in total. The largest absolute Gasteiger partial charge is 0.320 e. The van der Waals surface area contributed by atoms with Gasteiger partial charge in [0.25, 0.3) is 0 Å². The highest BCUT2D eigenvalue weighted by molar-refractivity contribution is 6.92. The molecule has 0 aliphatic rings. The number of nitrogens with two attached hydrogens (primary N) is 1. The van der Waals surface area contributed by atoms with Gasteiger partial charge in [-0.15, -0.1) is 0 Å². The lowest BCUT2D eigenvalue weighted by Crippen LogP contribution is -2.11. The number of rotatable bonds is 2. The van der Waals surface area contributed by atoms with Crippen LogP contribution in [0.5, 0.6) is 0 Å². The molecule has 2 heteroatoms. The average Bonchev–Trinajstić information content (AvgIpc) is 2.30. The minimum atomic E-state index is -0.0267. The van der Waals surface area contributed by atoms with Gasteiger partial charge in [0.1, 0.15) is 0 Å². The lowest BCUT2D eigenvalue weighted by Gasteiger charge is -2.13. The Morgan fingerprint density at radius 1 is 0.706 bits per heavy atom. The van der Waals surface area contributed by atoms with Crippen molar-refractivity contribution in [2.75, 3.05) is 0 Å². The van der Waals surface area contributed by atoms with Crippen molar-refractivity contribution in [3.8, 4) is 0 Å². The van der Waals surface area contributed by atoms with Gasteiger partial charge in [-0.05, 0) is 25.0 Å². The molecule has 0 amide bonds. The first-order chi connectivity index (χ1) is 7.66. The maximum Gasteiger partial charge on any atom is 0.0551 e. The van der Waals surface area contributed by atoms with Gasteiger partial charge in [-0.1, -0.05) is 59.7 Å². The van der Waals surface area contributed by atoms with Crippen LogP contribution in [-0.4, -0.2) is 0 Å². The number of hydrogen-bond acceptors (Lipinski definition) is 1. The fourth-order valence-corrected chi connectivity index (χ4v) is 1.74. The summed E-state index contributed by atoms with van der Waals surface area (Å²) in [4.78, 5) is 0. The van der Waals surface area contributed by atoms with Crippen LogP contribution in [0, 0.1) is 13.8 Å². The molecular formula is C15H20NP. The van der Waals surface area contributed by atoms with Gasteiger partial charge in [0, 0.05) is 0 Å². The monoisotopic (exact) mass is 245 g/mol. The average molecular weight is 245 g/mol. The van der Waals surface area contributed by atoms with Gasteiger partial charge in [0.2, 0.25) is 0 Å². The molecule has 0 spiro atoms. The van der Waals surface area contributed by atoms with Crippen LogP contribution in [0.1, 0.15) is 28.3 Å². The fraction of sp³-hybridized carbons (Fsp3) is 0.200. The van der Waals surface area contributed by atoms with E-state index in [2.05, 4.69) is 62.4 Å². The zero-order valence-corrected chi connectivity index (χ0v) is 11.9. The summed E-state index contributed by atoms with van der Waals surface area (Å²) < 4.78 is 0. The molecule has 0 fully saturated rings. The van der Waals surface area contributed by atoms with E-state index in [-0.39, 0.29) is 15.9 Å². The molecule has 1 unspecified atom stereocenters. The highest BCUT2D eigenvalue weighted by atomic mass is 31.0. The SMILES string of the molecule is Cc1ccc(C(N)c2ccc(C)cc2)cc1.P. The van der Waals surface area contributed by atoms with Crippen molar-refractivity contribution in [1.29, 1.82) is 0 Å². The Bertz CT molecular complexity index is 414. The van der Waals surface area contributed by atoms with E-state index in [0.29, 0.717) is 0 Å². The third-order valence-electron chi connectivity index (χ3n) is 2.87. The van der Waals surface area contributed by atoms with Crippen LogP contribution in [0.25, 0.3) is 0 Å². The summed E-state index contributed by atoms with van der Waals surface area (Å²) in [7, 11) is 0. The molecule has 0 heterocycles.